The van der Waals surface area contributed by atoms with Gasteiger partial charge in [-0.2, -0.15) is 11.8 Å². The van der Waals surface area contributed by atoms with E-state index >= 15 is 0 Å². The second-order valence-electron chi connectivity index (χ2n) is 7.59. The van der Waals surface area contributed by atoms with E-state index in [0.717, 1.165) is 19.3 Å². The molecule has 1 aromatic rings. The molecule has 0 spiro atoms. The Hall–Kier alpha value is -1.65. The number of nitrogens with one attached hydrogen (secondary N) is 1. The average molecular weight is 472 g/mol. The number of ether oxygens (including phenoxy) is 2. The Bertz CT molecular complexity index is 646. The van der Waals surface area contributed by atoms with Crippen LogP contribution in [0.3, 0.4) is 0 Å². The summed E-state index contributed by atoms with van der Waals surface area (Å²) in [4.78, 5) is 23.6. The monoisotopic (exact) mass is 471 g/mol. The van der Waals surface area contributed by atoms with Gasteiger partial charge in [-0.3, -0.25) is 4.79 Å². The van der Waals surface area contributed by atoms with Crippen molar-refractivity contribution in [1.29, 1.82) is 0 Å². The summed E-state index contributed by atoms with van der Waals surface area (Å²) in [6.45, 7) is 4.50. The zero-order valence-electron chi connectivity index (χ0n) is 18.9. The molecule has 4 atom stereocenters. The number of aliphatic hydroxyl groups excluding tert-OH is 2. The van der Waals surface area contributed by atoms with Crippen molar-refractivity contribution in [3.63, 3.8) is 0 Å². The van der Waals surface area contributed by atoms with Crippen LogP contribution in [0.25, 0.3) is 0 Å². The maximum absolute atomic E-state index is 12.1. The van der Waals surface area contributed by atoms with Gasteiger partial charge in [0.25, 0.3) is 5.91 Å². The minimum Gasteiger partial charge on any atom is -0.480 e. The number of hydrogen-bond acceptors (Lipinski definition) is 7. The lowest BCUT2D eigenvalue weighted by Crippen LogP contribution is -2.41. The van der Waals surface area contributed by atoms with Crippen LogP contribution in [0.1, 0.15) is 49.9 Å². The third-order valence-corrected chi connectivity index (χ3v) is 5.86. The van der Waals surface area contributed by atoms with Crippen LogP contribution >= 0.6 is 11.8 Å². The van der Waals surface area contributed by atoms with E-state index in [2.05, 4.69) is 12.2 Å². The van der Waals surface area contributed by atoms with E-state index < -0.39 is 30.1 Å². The zero-order chi connectivity index (χ0) is 23.8. The SMILES string of the molecule is CCCC(CC)OCC(O)COCC(O)CSCCC(NC(=O)c1ccccc1)C(=O)O. The van der Waals surface area contributed by atoms with Crippen molar-refractivity contribution in [2.24, 2.45) is 0 Å². The van der Waals surface area contributed by atoms with Crippen LogP contribution in [0.2, 0.25) is 0 Å². The van der Waals surface area contributed by atoms with Crippen LogP contribution in [-0.4, -0.2) is 82.9 Å². The summed E-state index contributed by atoms with van der Waals surface area (Å²) in [6.07, 6.45) is 1.78. The summed E-state index contributed by atoms with van der Waals surface area (Å²) >= 11 is 1.38. The van der Waals surface area contributed by atoms with Gasteiger partial charge in [0.15, 0.2) is 0 Å². The van der Waals surface area contributed by atoms with Crippen LogP contribution in [0.15, 0.2) is 30.3 Å². The molecule has 9 heteroatoms. The third-order valence-electron chi connectivity index (χ3n) is 4.71. The highest BCUT2D eigenvalue weighted by Gasteiger charge is 2.20. The van der Waals surface area contributed by atoms with Crippen molar-refractivity contribution in [3.8, 4) is 0 Å². The number of thioether (sulfide) groups is 1. The number of amides is 1. The van der Waals surface area contributed by atoms with Crippen LogP contribution in [0.4, 0.5) is 0 Å². The molecule has 1 amide bonds. The first-order valence-corrected chi connectivity index (χ1v) is 12.2. The Morgan fingerprint density at radius 1 is 1.03 bits per heavy atom. The number of carbonyl (C=O) groups is 2. The van der Waals surface area contributed by atoms with Crippen LogP contribution in [-0.2, 0) is 14.3 Å². The van der Waals surface area contributed by atoms with E-state index in [4.69, 9.17) is 9.47 Å². The van der Waals surface area contributed by atoms with Gasteiger partial charge in [-0.25, -0.2) is 4.79 Å². The molecular weight excluding hydrogens is 434 g/mol. The molecule has 0 saturated heterocycles. The average Bonchev–Trinajstić information content (AvgIpc) is 2.78. The lowest BCUT2D eigenvalue weighted by Gasteiger charge is -2.19. The van der Waals surface area contributed by atoms with Gasteiger partial charge in [-0.15, -0.1) is 0 Å². The normalized spacial score (nSPS) is 15.0. The van der Waals surface area contributed by atoms with Crippen LogP contribution in [0, 0.1) is 0 Å². The number of benzene rings is 1. The minimum atomic E-state index is -1.10. The van der Waals surface area contributed by atoms with Gasteiger partial charge in [0, 0.05) is 11.3 Å². The van der Waals surface area contributed by atoms with Crippen molar-refractivity contribution < 1.29 is 34.4 Å². The number of carboxylic acid groups (broad SMARTS) is 1. The summed E-state index contributed by atoms with van der Waals surface area (Å²) in [5.41, 5.74) is 0.405. The molecule has 0 saturated carbocycles. The van der Waals surface area contributed by atoms with E-state index in [-0.39, 0.29) is 32.3 Å². The van der Waals surface area contributed by atoms with E-state index in [1.807, 2.05) is 6.92 Å². The first-order chi connectivity index (χ1) is 15.4. The molecule has 0 aliphatic carbocycles. The van der Waals surface area contributed by atoms with Gasteiger partial charge in [-0.05, 0) is 37.1 Å². The number of hydrogen-bond donors (Lipinski definition) is 4. The largest absolute Gasteiger partial charge is 0.480 e. The Balaban J connectivity index is 2.19. The highest BCUT2D eigenvalue weighted by Crippen LogP contribution is 2.10. The Kier molecular flexibility index (Phi) is 15.0. The molecule has 182 valence electrons. The van der Waals surface area contributed by atoms with Gasteiger partial charge >= 0.3 is 5.97 Å². The topological polar surface area (TPSA) is 125 Å². The van der Waals surface area contributed by atoms with Gasteiger partial charge in [0.05, 0.1) is 32.0 Å². The zero-order valence-corrected chi connectivity index (χ0v) is 19.8. The Morgan fingerprint density at radius 3 is 2.34 bits per heavy atom. The quantitative estimate of drug-likeness (QED) is 0.240. The maximum atomic E-state index is 12.1. The molecule has 1 aromatic carbocycles. The molecule has 0 bridgehead atoms. The molecule has 0 aliphatic heterocycles. The van der Waals surface area contributed by atoms with Gasteiger partial charge in [0.2, 0.25) is 0 Å². The number of rotatable bonds is 18. The minimum absolute atomic E-state index is 0.0727. The van der Waals surface area contributed by atoms with Gasteiger partial charge < -0.3 is 30.1 Å². The second-order valence-corrected chi connectivity index (χ2v) is 8.74. The van der Waals surface area contributed by atoms with Crippen molar-refractivity contribution in [2.45, 2.75) is 63.9 Å². The van der Waals surface area contributed by atoms with Crippen molar-refractivity contribution in [3.05, 3.63) is 35.9 Å². The van der Waals surface area contributed by atoms with Crippen molar-refractivity contribution in [1.82, 2.24) is 5.32 Å². The summed E-state index contributed by atoms with van der Waals surface area (Å²) in [5.74, 6) is -0.715. The van der Waals surface area contributed by atoms with Gasteiger partial charge in [-0.1, -0.05) is 38.5 Å². The fourth-order valence-corrected chi connectivity index (χ4v) is 3.86. The second kappa shape index (κ2) is 16.9. The summed E-state index contributed by atoms with van der Waals surface area (Å²) in [7, 11) is 0. The number of carboxylic acids is 1. The highest BCUT2D eigenvalue weighted by molar-refractivity contribution is 7.99. The molecule has 0 radical (unpaired) electrons. The van der Waals surface area contributed by atoms with E-state index in [1.165, 1.54) is 11.8 Å². The molecule has 0 aliphatic rings. The lowest BCUT2D eigenvalue weighted by atomic mass is 10.1. The highest BCUT2D eigenvalue weighted by atomic mass is 32.2. The summed E-state index contributed by atoms with van der Waals surface area (Å²) < 4.78 is 11.0. The first-order valence-electron chi connectivity index (χ1n) is 11.1. The molecule has 1 rings (SSSR count). The molecule has 32 heavy (non-hydrogen) atoms. The molecule has 8 nitrogen and oxygen atoms in total. The predicted octanol–water partition coefficient (Wildman–Crippen LogP) is 2.33. The first kappa shape index (κ1) is 28.4. The summed E-state index contributed by atoms with van der Waals surface area (Å²) in [6, 6.07) is 7.44. The van der Waals surface area contributed by atoms with Crippen LogP contribution < -0.4 is 5.32 Å². The van der Waals surface area contributed by atoms with Crippen molar-refractivity contribution >= 4 is 23.6 Å². The Morgan fingerprint density at radius 2 is 1.72 bits per heavy atom. The molecule has 0 aromatic heterocycles. The fraction of sp³-hybridized carbons (Fsp3) is 0.652. The number of carbonyl (C=O) groups excluding carboxylic acids is 1. The number of aliphatic hydroxyl groups is 2. The molecule has 0 heterocycles. The molecule has 4 N–H and O–H groups in total. The third kappa shape index (κ3) is 12.4. The van der Waals surface area contributed by atoms with Crippen LogP contribution in [0.5, 0.6) is 0 Å². The fourth-order valence-electron chi connectivity index (χ4n) is 2.92. The lowest BCUT2D eigenvalue weighted by molar-refractivity contribution is -0.139. The molecule has 0 fully saturated rings. The van der Waals surface area contributed by atoms with Crippen molar-refractivity contribution in [2.75, 3.05) is 31.3 Å². The smallest absolute Gasteiger partial charge is 0.326 e. The standard InChI is InChI=1S/C23H37NO7S/c1-3-8-20(4-2)31-15-18(25)13-30-14-19(26)16-32-12-11-21(23(28)29)24-22(27)17-9-6-5-7-10-17/h5-7,9-10,18-21,25-26H,3-4,8,11-16H2,1-2H3,(H,24,27)(H,28,29). The number of aliphatic carboxylic acids is 1. The maximum Gasteiger partial charge on any atom is 0.326 e. The Labute approximate surface area is 194 Å². The predicted molar refractivity (Wildman–Crippen MR) is 125 cm³/mol. The summed E-state index contributed by atoms with van der Waals surface area (Å²) in [5, 5.41) is 31.8. The van der Waals surface area contributed by atoms with E-state index in [9.17, 15) is 24.9 Å². The van der Waals surface area contributed by atoms with E-state index in [0.29, 0.717) is 17.1 Å². The van der Waals surface area contributed by atoms with E-state index in [1.54, 1.807) is 30.3 Å². The van der Waals surface area contributed by atoms with Gasteiger partial charge in [0.1, 0.15) is 12.1 Å². The molecular formula is C23H37NO7S. The molecule has 4 unspecified atom stereocenters.